The molecule has 0 aliphatic rings. The zero-order valence-electron chi connectivity index (χ0n) is 15.8. The van der Waals surface area contributed by atoms with E-state index in [4.69, 9.17) is 0 Å². The minimum absolute atomic E-state index is 0.304. The largest absolute Gasteiger partial charge is 0.416 e. The van der Waals surface area contributed by atoms with Crippen molar-refractivity contribution < 1.29 is 13.2 Å². The summed E-state index contributed by atoms with van der Waals surface area (Å²) < 4.78 is 41.2. The number of nitrogens with zero attached hydrogens (tertiary/aromatic N) is 2. The monoisotopic (exact) mass is 392 g/mol. The molecule has 29 heavy (non-hydrogen) atoms. The van der Waals surface area contributed by atoms with Crippen LogP contribution in [0.15, 0.2) is 72.8 Å². The van der Waals surface area contributed by atoms with Crippen molar-refractivity contribution in [1.82, 2.24) is 9.55 Å². The Morgan fingerprint density at radius 2 is 1.66 bits per heavy atom. The van der Waals surface area contributed by atoms with Crippen LogP contribution in [-0.2, 0) is 12.7 Å². The predicted octanol–water partition coefficient (Wildman–Crippen LogP) is 6.58. The van der Waals surface area contributed by atoms with Gasteiger partial charge in [-0.25, -0.2) is 4.98 Å². The van der Waals surface area contributed by atoms with Crippen LogP contribution in [0.5, 0.6) is 0 Å². The Morgan fingerprint density at radius 3 is 2.41 bits per heavy atom. The van der Waals surface area contributed by atoms with E-state index in [2.05, 4.69) is 4.98 Å². The number of aromatic nitrogens is 2. The molecule has 0 radical (unpaired) electrons. The summed E-state index contributed by atoms with van der Waals surface area (Å²) in [6, 6.07) is 21.2. The normalized spacial score (nSPS) is 12.1. The molecule has 0 N–H and O–H groups in total. The quantitative estimate of drug-likeness (QED) is 0.383. The number of benzene rings is 3. The van der Waals surface area contributed by atoms with E-state index in [1.54, 1.807) is 6.07 Å². The molecule has 5 heteroatoms. The minimum atomic E-state index is -4.36. The average Bonchev–Trinajstić information content (AvgIpc) is 3.05. The van der Waals surface area contributed by atoms with Gasteiger partial charge in [0.15, 0.2) is 0 Å². The average molecular weight is 392 g/mol. The van der Waals surface area contributed by atoms with Gasteiger partial charge in [0, 0.05) is 6.54 Å². The summed E-state index contributed by atoms with van der Waals surface area (Å²) >= 11 is 0. The van der Waals surface area contributed by atoms with Crippen LogP contribution >= 0.6 is 0 Å². The lowest BCUT2D eigenvalue weighted by Crippen LogP contribution is -2.07. The number of aryl methyl sites for hydroxylation is 1. The van der Waals surface area contributed by atoms with Crippen molar-refractivity contribution in [1.29, 1.82) is 0 Å². The molecule has 0 fully saturated rings. The topological polar surface area (TPSA) is 17.8 Å². The summed E-state index contributed by atoms with van der Waals surface area (Å²) in [5, 5.41) is 0. The minimum Gasteiger partial charge on any atom is -0.320 e. The Labute approximate surface area is 166 Å². The third-order valence-corrected chi connectivity index (χ3v) is 4.78. The fourth-order valence-corrected chi connectivity index (χ4v) is 3.26. The third kappa shape index (κ3) is 4.24. The van der Waals surface area contributed by atoms with Crippen LogP contribution in [0.4, 0.5) is 13.2 Å². The van der Waals surface area contributed by atoms with Crippen LogP contribution in [0.25, 0.3) is 23.2 Å². The van der Waals surface area contributed by atoms with Gasteiger partial charge in [-0.1, -0.05) is 60.2 Å². The van der Waals surface area contributed by atoms with Gasteiger partial charge in [-0.15, -0.1) is 0 Å². The number of hydrogen-bond donors (Lipinski definition) is 0. The molecule has 0 atom stereocenters. The molecule has 3 aromatic carbocycles. The summed E-state index contributed by atoms with van der Waals surface area (Å²) in [5.41, 5.74) is 3.84. The van der Waals surface area contributed by atoms with Gasteiger partial charge in [0.05, 0.1) is 16.6 Å². The lowest BCUT2D eigenvalue weighted by Gasteiger charge is -2.11. The van der Waals surface area contributed by atoms with Gasteiger partial charge in [-0.3, -0.25) is 0 Å². The van der Waals surface area contributed by atoms with E-state index in [9.17, 15) is 13.2 Å². The molecule has 0 saturated heterocycles. The van der Waals surface area contributed by atoms with Gasteiger partial charge in [0.1, 0.15) is 5.82 Å². The zero-order valence-corrected chi connectivity index (χ0v) is 15.8. The molecule has 0 spiro atoms. The number of alkyl halides is 3. The van der Waals surface area contributed by atoms with E-state index in [1.165, 1.54) is 17.7 Å². The Bertz CT molecular complexity index is 1170. The molecule has 0 unspecified atom stereocenters. The first-order valence-corrected chi connectivity index (χ1v) is 9.26. The molecule has 0 aliphatic heterocycles. The van der Waals surface area contributed by atoms with Crippen LogP contribution in [0.2, 0.25) is 0 Å². The lowest BCUT2D eigenvalue weighted by atomic mass is 10.1. The third-order valence-electron chi connectivity index (χ3n) is 4.78. The van der Waals surface area contributed by atoms with E-state index in [0.29, 0.717) is 17.9 Å². The molecule has 146 valence electrons. The first-order chi connectivity index (χ1) is 13.9. The molecular formula is C24H19F3N2. The predicted molar refractivity (Wildman–Crippen MR) is 110 cm³/mol. The second-order valence-corrected chi connectivity index (χ2v) is 6.99. The molecule has 4 aromatic rings. The SMILES string of the molecule is Cc1ccc(C=Cc2nc3ccccc3n2Cc2cccc(C(F)(F)F)c2)cc1. The number of para-hydroxylation sites is 2. The maximum Gasteiger partial charge on any atom is 0.416 e. The molecule has 0 saturated carbocycles. The first kappa shape index (κ1) is 19.0. The number of fused-ring (bicyclic) bond motifs is 1. The maximum atomic E-state index is 13.1. The van der Waals surface area contributed by atoms with Gasteiger partial charge in [0.25, 0.3) is 0 Å². The Morgan fingerprint density at radius 1 is 0.897 bits per heavy atom. The Balaban J connectivity index is 1.73. The van der Waals surface area contributed by atoms with E-state index >= 15 is 0 Å². The summed E-state index contributed by atoms with van der Waals surface area (Å²) in [7, 11) is 0. The first-order valence-electron chi connectivity index (χ1n) is 9.26. The van der Waals surface area contributed by atoms with Crippen LogP contribution < -0.4 is 0 Å². The molecule has 1 heterocycles. The summed E-state index contributed by atoms with van der Waals surface area (Å²) in [6.45, 7) is 2.33. The zero-order chi connectivity index (χ0) is 20.4. The van der Waals surface area contributed by atoms with Crippen molar-refractivity contribution in [3.8, 4) is 0 Å². The van der Waals surface area contributed by atoms with E-state index < -0.39 is 11.7 Å². The van der Waals surface area contributed by atoms with Crippen LogP contribution in [-0.4, -0.2) is 9.55 Å². The van der Waals surface area contributed by atoms with E-state index in [0.717, 1.165) is 22.7 Å². The highest BCUT2D eigenvalue weighted by atomic mass is 19.4. The molecule has 1 aromatic heterocycles. The molecule has 4 rings (SSSR count). The highest BCUT2D eigenvalue weighted by Crippen LogP contribution is 2.30. The number of halogens is 3. The summed E-state index contributed by atoms with van der Waals surface area (Å²) in [5.74, 6) is 0.698. The van der Waals surface area contributed by atoms with Gasteiger partial charge >= 0.3 is 6.18 Å². The fraction of sp³-hybridized carbons (Fsp3) is 0.125. The van der Waals surface area contributed by atoms with Crippen LogP contribution in [0.1, 0.15) is 28.1 Å². The van der Waals surface area contributed by atoms with Crippen LogP contribution in [0.3, 0.4) is 0 Å². The molecule has 0 amide bonds. The highest BCUT2D eigenvalue weighted by Gasteiger charge is 2.30. The second-order valence-electron chi connectivity index (χ2n) is 6.99. The maximum absolute atomic E-state index is 13.1. The van der Waals surface area contributed by atoms with Crippen LogP contribution in [0, 0.1) is 6.92 Å². The molecular weight excluding hydrogens is 373 g/mol. The van der Waals surface area contributed by atoms with Crippen molar-refractivity contribution in [2.24, 2.45) is 0 Å². The van der Waals surface area contributed by atoms with Crippen molar-refractivity contribution >= 4 is 23.2 Å². The smallest absolute Gasteiger partial charge is 0.320 e. The number of rotatable bonds is 4. The number of imidazole rings is 1. The van der Waals surface area contributed by atoms with Gasteiger partial charge in [-0.05, 0) is 48.4 Å². The van der Waals surface area contributed by atoms with Crippen molar-refractivity contribution in [3.05, 3.63) is 101 Å². The summed E-state index contributed by atoms with van der Waals surface area (Å²) in [4.78, 5) is 4.67. The molecule has 0 aliphatic carbocycles. The fourth-order valence-electron chi connectivity index (χ4n) is 3.26. The molecule has 2 nitrogen and oxygen atoms in total. The lowest BCUT2D eigenvalue weighted by molar-refractivity contribution is -0.137. The number of hydrogen-bond acceptors (Lipinski definition) is 1. The van der Waals surface area contributed by atoms with Gasteiger partial charge in [0.2, 0.25) is 0 Å². The highest BCUT2D eigenvalue weighted by molar-refractivity contribution is 5.80. The van der Waals surface area contributed by atoms with Crippen molar-refractivity contribution in [3.63, 3.8) is 0 Å². The Kier molecular flexibility index (Phi) is 4.97. The van der Waals surface area contributed by atoms with Crippen molar-refractivity contribution in [2.45, 2.75) is 19.6 Å². The van der Waals surface area contributed by atoms with Gasteiger partial charge in [-0.2, -0.15) is 13.2 Å². The second kappa shape index (κ2) is 7.59. The van der Waals surface area contributed by atoms with E-state index in [1.807, 2.05) is 72.2 Å². The molecule has 0 bridgehead atoms. The summed E-state index contributed by atoms with van der Waals surface area (Å²) in [6.07, 6.45) is -0.497. The Hall–Kier alpha value is -3.34. The standard InChI is InChI=1S/C24H19F3N2/c1-17-9-11-18(12-10-17)13-14-23-28-21-7-2-3-8-22(21)29(23)16-19-5-4-6-20(15-19)24(25,26)27/h2-15H,16H2,1H3. The van der Waals surface area contributed by atoms with Gasteiger partial charge < -0.3 is 4.57 Å². The van der Waals surface area contributed by atoms with E-state index in [-0.39, 0.29) is 0 Å². The van der Waals surface area contributed by atoms with Crippen molar-refractivity contribution in [2.75, 3.05) is 0 Å².